The molecule has 0 saturated carbocycles. The number of aromatic nitrogens is 3. The summed E-state index contributed by atoms with van der Waals surface area (Å²) in [6.45, 7) is 9.94. The summed E-state index contributed by atoms with van der Waals surface area (Å²) in [6.07, 6.45) is 5.50. The van der Waals surface area contributed by atoms with Gasteiger partial charge in [0.1, 0.15) is 24.3 Å². The molecule has 42 heavy (non-hydrogen) atoms. The van der Waals surface area contributed by atoms with Crippen molar-refractivity contribution in [2.45, 2.75) is 57.6 Å². The summed E-state index contributed by atoms with van der Waals surface area (Å²) in [4.78, 5) is 15.6. The van der Waals surface area contributed by atoms with Crippen LogP contribution in [0, 0.1) is 3.57 Å². The number of nitrogens with zero attached hydrogens (tertiary/aromatic N) is 5. The molecule has 222 valence electrons. The summed E-state index contributed by atoms with van der Waals surface area (Å²) in [5.74, 6) is 0.641. The highest BCUT2D eigenvalue weighted by molar-refractivity contribution is 14.1. The summed E-state index contributed by atoms with van der Waals surface area (Å²) in [7, 11) is 1.16. The molecule has 1 fully saturated rings. The van der Waals surface area contributed by atoms with Crippen LogP contribution in [0.5, 0.6) is 0 Å². The number of ether oxygens (including phenoxy) is 2. The van der Waals surface area contributed by atoms with E-state index in [2.05, 4.69) is 130 Å². The van der Waals surface area contributed by atoms with E-state index < -0.39 is 8.32 Å². The molecule has 0 N–H and O–H groups in total. The number of halogens is 1. The van der Waals surface area contributed by atoms with Gasteiger partial charge in [0.05, 0.1) is 24.4 Å². The molecule has 1 aliphatic rings. The zero-order valence-electron chi connectivity index (χ0n) is 25.2. The average molecular weight is 698 g/mol. The fraction of sp³-hybridized carbons (Fsp3) is 0.406. The Balaban J connectivity index is 1.48. The Hall–Kier alpha value is -2.64. The van der Waals surface area contributed by atoms with Crippen LogP contribution >= 0.6 is 22.6 Å². The second kappa shape index (κ2) is 12.9. The topological polar surface area (TPSA) is 74.0 Å². The van der Waals surface area contributed by atoms with Crippen molar-refractivity contribution in [3.8, 4) is 0 Å². The maximum Gasteiger partial charge on any atom is 0.261 e. The molecule has 2 aromatic carbocycles. The van der Waals surface area contributed by atoms with Crippen molar-refractivity contribution in [1.82, 2.24) is 19.4 Å². The van der Waals surface area contributed by atoms with Gasteiger partial charge < -0.3 is 23.4 Å². The van der Waals surface area contributed by atoms with Crippen LogP contribution in [0.1, 0.15) is 40.3 Å². The van der Waals surface area contributed by atoms with Crippen LogP contribution in [0.15, 0.2) is 78.2 Å². The molecule has 3 atom stereocenters. The molecule has 5 rings (SSSR count). The first-order valence-electron chi connectivity index (χ1n) is 14.4. The molecule has 3 heterocycles. The molecule has 0 amide bonds. The minimum Gasteiger partial charge on any atom is -0.405 e. The molecular weight excluding hydrogens is 657 g/mol. The molecule has 0 aliphatic carbocycles. The molecular formula is C32H40IN5O3Si. The molecule has 1 aliphatic heterocycles. The quantitative estimate of drug-likeness (QED) is 0.0941. The Bertz CT molecular complexity index is 1470. The minimum atomic E-state index is -2.72. The Morgan fingerprint density at radius 2 is 1.71 bits per heavy atom. The molecule has 8 nitrogen and oxygen atoms in total. The van der Waals surface area contributed by atoms with Gasteiger partial charge in [-0.3, -0.25) is 0 Å². The second-order valence-electron chi connectivity index (χ2n) is 11.8. The summed E-state index contributed by atoms with van der Waals surface area (Å²) in [6, 6.07) is 21.4. The Kier molecular flexibility index (Phi) is 9.48. The molecule has 4 aromatic rings. The third kappa shape index (κ3) is 6.05. The van der Waals surface area contributed by atoms with Crippen LogP contribution < -0.4 is 10.4 Å². The summed E-state index contributed by atoms with van der Waals surface area (Å²) in [5.41, 5.74) is 0.800. The maximum atomic E-state index is 7.25. The van der Waals surface area contributed by atoms with E-state index in [1.807, 2.05) is 25.9 Å². The third-order valence-electron chi connectivity index (χ3n) is 7.71. The van der Waals surface area contributed by atoms with E-state index in [0.717, 1.165) is 14.6 Å². The normalized spacial score (nSPS) is 19.6. The van der Waals surface area contributed by atoms with Gasteiger partial charge in [-0.1, -0.05) is 81.4 Å². The summed E-state index contributed by atoms with van der Waals surface area (Å²) < 4.78 is 23.4. The molecule has 0 radical (unpaired) electrons. The highest BCUT2D eigenvalue weighted by Gasteiger charge is 2.51. The highest BCUT2D eigenvalue weighted by Crippen LogP contribution is 2.40. The van der Waals surface area contributed by atoms with Crippen molar-refractivity contribution in [3.05, 3.63) is 76.8 Å². The van der Waals surface area contributed by atoms with E-state index in [-0.39, 0.29) is 23.5 Å². The van der Waals surface area contributed by atoms with Crippen molar-refractivity contribution in [3.63, 3.8) is 0 Å². The van der Waals surface area contributed by atoms with Gasteiger partial charge in [0.2, 0.25) is 0 Å². The van der Waals surface area contributed by atoms with Crippen LogP contribution in [0.3, 0.4) is 0 Å². The lowest BCUT2D eigenvalue weighted by atomic mass is 10.2. The first-order valence-corrected chi connectivity index (χ1v) is 17.4. The van der Waals surface area contributed by atoms with Crippen molar-refractivity contribution < 1.29 is 13.9 Å². The van der Waals surface area contributed by atoms with Crippen LogP contribution in [0.2, 0.25) is 5.04 Å². The van der Waals surface area contributed by atoms with Gasteiger partial charge >= 0.3 is 0 Å². The van der Waals surface area contributed by atoms with Gasteiger partial charge in [0.25, 0.3) is 8.32 Å². The van der Waals surface area contributed by atoms with E-state index >= 15 is 0 Å². The van der Waals surface area contributed by atoms with Crippen LogP contribution in [0.25, 0.3) is 11.0 Å². The molecule has 0 spiro atoms. The third-order valence-corrected chi connectivity index (χ3v) is 13.5. The van der Waals surface area contributed by atoms with E-state index in [1.165, 1.54) is 10.4 Å². The zero-order valence-corrected chi connectivity index (χ0v) is 28.4. The lowest BCUT2D eigenvalue weighted by Gasteiger charge is -2.43. The Morgan fingerprint density at radius 1 is 1.07 bits per heavy atom. The Morgan fingerprint density at radius 3 is 2.29 bits per heavy atom. The molecule has 1 saturated heterocycles. The van der Waals surface area contributed by atoms with Gasteiger partial charge in [-0.15, -0.1) is 0 Å². The predicted octanol–water partition coefficient (Wildman–Crippen LogP) is 5.53. The van der Waals surface area contributed by atoms with Gasteiger partial charge in [-0.2, -0.15) is 0 Å². The molecule has 2 aromatic heterocycles. The monoisotopic (exact) mass is 697 g/mol. The van der Waals surface area contributed by atoms with Crippen molar-refractivity contribution in [2.75, 3.05) is 27.3 Å². The highest BCUT2D eigenvalue weighted by atomic mass is 127. The molecule has 10 heteroatoms. The van der Waals surface area contributed by atoms with E-state index in [1.54, 1.807) is 12.7 Å². The number of hydrogen-bond donors (Lipinski definition) is 0. The van der Waals surface area contributed by atoms with E-state index in [4.69, 9.17) is 13.9 Å². The summed E-state index contributed by atoms with van der Waals surface area (Å²) in [5, 5.41) is 3.29. The van der Waals surface area contributed by atoms with Gasteiger partial charge in [-0.05, 0) is 44.9 Å². The van der Waals surface area contributed by atoms with Crippen molar-refractivity contribution >= 4 is 64.5 Å². The smallest absolute Gasteiger partial charge is 0.261 e. The number of rotatable bonds is 10. The Labute approximate surface area is 263 Å². The molecule has 0 bridgehead atoms. The number of fused-ring (bicyclic) bond motifs is 1. The average Bonchev–Trinajstić information content (AvgIpc) is 3.53. The van der Waals surface area contributed by atoms with Crippen molar-refractivity contribution in [2.24, 2.45) is 4.99 Å². The van der Waals surface area contributed by atoms with Crippen LogP contribution in [0.4, 0.5) is 5.82 Å². The lowest BCUT2D eigenvalue weighted by Crippen LogP contribution is -2.67. The SMILES string of the molecule is CCOC1C[C@H](n2cc(I)c3c(N=CN(C)C)ncnc32)O[C@@H]1CO[Si](c1ccccc1)(c1ccccc1)C(C)(C)C. The van der Waals surface area contributed by atoms with Gasteiger partial charge in [0, 0.05) is 36.9 Å². The first kappa shape index (κ1) is 30.8. The lowest BCUT2D eigenvalue weighted by molar-refractivity contribution is -0.0552. The van der Waals surface area contributed by atoms with E-state index in [0.29, 0.717) is 25.5 Å². The number of hydrogen-bond acceptors (Lipinski definition) is 6. The van der Waals surface area contributed by atoms with Gasteiger partial charge in [0.15, 0.2) is 5.82 Å². The second-order valence-corrected chi connectivity index (χ2v) is 17.3. The zero-order chi connectivity index (χ0) is 29.9. The van der Waals surface area contributed by atoms with E-state index in [9.17, 15) is 0 Å². The van der Waals surface area contributed by atoms with Crippen molar-refractivity contribution in [1.29, 1.82) is 0 Å². The number of aliphatic imine (C=N–C) groups is 1. The standard InChI is InChI=1S/C32H40IN5O3Si/c1-7-39-26-18-28(38-19-25(33)29-30(36-22-37(5)6)34-21-35-31(29)38)41-27(26)20-40-42(32(2,3)4,23-14-10-8-11-15-23)24-16-12-9-13-17-24/h8-17,19,21-22,26-28H,7,18,20H2,1-6H3/t26?,27-,28-/m1/s1. The molecule has 1 unspecified atom stereocenters. The first-order chi connectivity index (χ1) is 20.2. The number of benzene rings is 2. The maximum absolute atomic E-state index is 7.25. The predicted molar refractivity (Wildman–Crippen MR) is 180 cm³/mol. The minimum absolute atomic E-state index is 0.110. The van der Waals surface area contributed by atoms with Crippen LogP contribution in [-0.4, -0.2) is 73.6 Å². The fourth-order valence-electron chi connectivity index (χ4n) is 5.89. The van der Waals surface area contributed by atoms with Crippen LogP contribution in [-0.2, 0) is 13.9 Å². The fourth-order valence-corrected chi connectivity index (χ4v) is 11.2. The summed E-state index contributed by atoms with van der Waals surface area (Å²) >= 11 is 2.33. The largest absolute Gasteiger partial charge is 0.405 e. The van der Waals surface area contributed by atoms with Gasteiger partial charge in [-0.25, -0.2) is 15.0 Å².